The van der Waals surface area contributed by atoms with Crippen molar-refractivity contribution in [3.8, 4) is 0 Å². The topological polar surface area (TPSA) is 18.5 Å². The quantitative estimate of drug-likeness (QED) is 0.847. The van der Waals surface area contributed by atoms with Gasteiger partial charge in [-0.2, -0.15) is 0 Å². The molecule has 1 aromatic heterocycles. The van der Waals surface area contributed by atoms with Gasteiger partial charge < -0.3 is 10.2 Å². The number of thiophene rings is 1. The highest BCUT2D eigenvalue weighted by atomic mass is 79.9. The summed E-state index contributed by atoms with van der Waals surface area (Å²) >= 11 is 5.47. The van der Waals surface area contributed by atoms with E-state index < -0.39 is 0 Å². The van der Waals surface area contributed by atoms with Gasteiger partial charge in [-0.1, -0.05) is 12.1 Å². The van der Waals surface area contributed by atoms with E-state index in [0.717, 1.165) is 26.2 Å². The minimum absolute atomic E-state index is 0.349. The Kier molecular flexibility index (Phi) is 5.75. The normalized spacial score (nSPS) is 17.7. The first kappa shape index (κ1) is 17.0. The zero-order valence-corrected chi connectivity index (χ0v) is 16.2. The molecule has 1 N–H and O–H groups in total. The summed E-state index contributed by atoms with van der Waals surface area (Å²) in [4.78, 5) is 6.18. The van der Waals surface area contributed by atoms with Crippen molar-refractivity contribution in [1.29, 1.82) is 0 Å². The SMILES string of the molecule is CN(C)c1ccc(C(c2ccc(Br)s2)N2CCCNCC2)cc1. The predicted octanol–water partition coefficient (Wildman–Crippen LogP) is 3.96. The van der Waals surface area contributed by atoms with E-state index in [1.54, 1.807) is 0 Å². The molecule has 1 saturated heterocycles. The Bertz CT molecular complexity index is 615. The monoisotopic (exact) mass is 393 g/mol. The van der Waals surface area contributed by atoms with Crippen LogP contribution in [-0.4, -0.2) is 45.2 Å². The predicted molar refractivity (Wildman–Crippen MR) is 104 cm³/mol. The van der Waals surface area contributed by atoms with Gasteiger partial charge in [0, 0.05) is 44.3 Å². The summed E-state index contributed by atoms with van der Waals surface area (Å²) in [5.41, 5.74) is 2.63. The van der Waals surface area contributed by atoms with Crippen LogP contribution in [0.15, 0.2) is 40.2 Å². The van der Waals surface area contributed by atoms with E-state index in [0.29, 0.717) is 6.04 Å². The van der Waals surface area contributed by atoms with Crippen LogP contribution in [0, 0.1) is 0 Å². The number of anilines is 1. The third-order valence-electron chi connectivity index (χ3n) is 4.33. The van der Waals surface area contributed by atoms with E-state index in [1.165, 1.54) is 26.3 Å². The lowest BCUT2D eigenvalue weighted by molar-refractivity contribution is 0.244. The Balaban J connectivity index is 1.93. The van der Waals surface area contributed by atoms with Gasteiger partial charge in [-0.15, -0.1) is 11.3 Å². The average molecular weight is 394 g/mol. The van der Waals surface area contributed by atoms with Crippen molar-refractivity contribution in [2.75, 3.05) is 45.2 Å². The van der Waals surface area contributed by atoms with Crippen LogP contribution in [0.1, 0.15) is 22.9 Å². The molecule has 1 unspecified atom stereocenters. The molecular weight excluding hydrogens is 370 g/mol. The Labute approximate surface area is 151 Å². The number of rotatable bonds is 4. The molecule has 0 amide bonds. The van der Waals surface area contributed by atoms with Gasteiger partial charge in [0.1, 0.15) is 0 Å². The van der Waals surface area contributed by atoms with E-state index in [9.17, 15) is 0 Å². The van der Waals surface area contributed by atoms with Gasteiger partial charge in [0.2, 0.25) is 0 Å². The summed E-state index contributed by atoms with van der Waals surface area (Å²) in [6.45, 7) is 4.42. The lowest BCUT2D eigenvalue weighted by atomic mass is 10.0. The van der Waals surface area contributed by atoms with Crippen LogP contribution in [0.4, 0.5) is 5.69 Å². The van der Waals surface area contributed by atoms with Gasteiger partial charge in [-0.3, -0.25) is 4.90 Å². The zero-order chi connectivity index (χ0) is 16.2. The Morgan fingerprint density at radius 1 is 1.09 bits per heavy atom. The van der Waals surface area contributed by atoms with Gasteiger partial charge in [-0.25, -0.2) is 0 Å². The summed E-state index contributed by atoms with van der Waals surface area (Å²) in [7, 11) is 4.17. The van der Waals surface area contributed by atoms with E-state index in [4.69, 9.17) is 0 Å². The van der Waals surface area contributed by atoms with Gasteiger partial charge in [0.25, 0.3) is 0 Å². The van der Waals surface area contributed by atoms with Crippen LogP contribution in [0.2, 0.25) is 0 Å². The first-order chi connectivity index (χ1) is 11.1. The molecule has 0 aliphatic carbocycles. The van der Waals surface area contributed by atoms with Gasteiger partial charge in [0.05, 0.1) is 9.83 Å². The molecule has 1 aliphatic heterocycles. The fraction of sp³-hybridized carbons (Fsp3) is 0.444. The fourth-order valence-electron chi connectivity index (χ4n) is 3.11. The standard InChI is InChI=1S/C18H24BrN3S/c1-21(2)15-6-4-14(5-7-15)18(16-8-9-17(19)23-16)22-12-3-10-20-11-13-22/h4-9,18,20H,3,10-13H2,1-2H3. The molecule has 0 radical (unpaired) electrons. The van der Waals surface area contributed by atoms with E-state index in [-0.39, 0.29) is 0 Å². The van der Waals surface area contributed by atoms with Gasteiger partial charge in [0.15, 0.2) is 0 Å². The first-order valence-corrected chi connectivity index (χ1v) is 9.73. The van der Waals surface area contributed by atoms with Crippen molar-refractivity contribution in [3.05, 3.63) is 50.6 Å². The molecule has 3 nitrogen and oxygen atoms in total. The van der Waals surface area contributed by atoms with Crippen LogP contribution >= 0.6 is 27.3 Å². The zero-order valence-electron chi connectivity index (χ0n) is 13.8. The molecule has 0 saturated carbocycles. The van der Waals surface area contributed by atoms with E-state index in [1.807, 2.05) is 11.3 Å². The maximum atomic E-state index is 3.62. The average Bonchev–Trinajstić information content (AvgIpc) is 2.80. The lowest BCUT2D eigenvalue weighted by Crippen LogP contribution is -2.32. The second kappa shape index (κ2) is 7.79. The molecule has 2 heterocycles. The van der Waals surface area contributed by atoms with Crippen LogP contribution < -0.4 is 10.2 Å². The smallest absolute Gasteiger partial charge is 0.0702 e. The largest absolute Gasteiger partial charge is 0.378 e. The number of hydrogen-bond acceptors (Lipinski definition) is 4. The molecule has 5 heteroatoms. The van der Waals surface area contributed by atoms with Crippen LogP contribution in [0.3, 0.4) is 0 Å². The molecule has 2 aromatic rings. The van der Waals surface area contributed by atoms with Gasteiger partial charge >= 0.3 is 0 Å². The second-order valence-corrected chi connectivity index (χ2v) is 8.66. The van der Waals surface area contributed by atoms with E-state index >= 15 is 0 Å². The first-order valence-electron chi connectivity index (χ1n) is 8.12. The van der Waals surface area contributed by atoms with Crippen LogP contribution in [-0.2, 0) is 0 Å². The number of nitrogens with zero attached hydrogens (tertiary/aromatic N) is 2. The summed E-state index contributed by atoms with van der Waals surface area (Å²) in [6.07, 6.45) is 1.21. The fourth-order valence-corrected chi connectivity index (χ4v) is 4.70. The van der Waals surface area contributed by atoms with Crippen molar-refractivity contribution < 1.29 is 0 Å². The molecule has 1 atom stereocenters. The highest BCUT2D eigenvalue weighted by Gasteiger charge is 2.24. The molecule has 23 heavy (non-hydrogen) atoms. The minimum Gasteiger partial charge on any atom is -0.378 e. The van der Waals surface area contributed by atoms with Gasteiger partial charge in [-0.05, 0) is 58.7 Å². The highest BCUT2D eigenvalue weighted by Crippen LogP contribution is 2.36. The molecule has 124 valence electrons. The summed E-state index contributed by atoms with van der Waals surface area (Å²) < 4.78 is 1.20. The number of nitrogens with one attached hydrogen (secondary N) is 1. The Hall–Kier alpha value is -0.880. The number of halogens is 1. The van der Waals surface area contributed by atoms with Crippen LogP contribution in [0.25, 0.3) is 0 Å². The second-order valence-electron chi connectivity index (χ2n) is 6.17. The highest BCUT2D eigenvalue weighted by molar-refractivity contribution is 9.11. The molecule has 1 fully saturated rings. The summed E-state index contributed by atoms with van der Waals surface area (Å²) in [5.74, 6) is 0. The Morgan fingerprint density at radius 3 is 2.52 bits per heavy atom. The van der Waals surface area contributed by atoms with Crippen molar-refractivity contribution in [2.45, 2.75) is 12.5 Å². The van der Waals surface area contributed by atoms with Crippen LogP contribution in [0.5, 0.6) is 0 Å². The van der Waals surface area contributed by atoms with Crippen molar-refractivity contribution >= 4 is 33.0 Å². The maximum absolute atomic E-state index is 3.62. The molecule has 0 bridgehead atoms. The third kappa shape index (κ3) is 4.15. The number of hydrogen-bond donors (Lipinski definition) is 1. The number of benzene rings is 1. The molecule has 1 aliphatic rings. The Morgan fingerprint density at radius 2 is 1.87 bits per heavy atom. The van der Waals surface area contributed by atoms with E-state index in [2.05, 4.69) is 81.5 Å². The van der Waals surface area contributed by atoms with Crippen molar-refractivity contribution in [1.82, 2.24) is 10.2 Å². The summed E-state index contributed by atoms with van der Waals surface area (Å²) in [5, 5.41) is 3.51. The molecule has 3 rings (SSSR count). The molecular formula is C18H24BrN3S. The third-order valence-corrected chi connectivity index (χ3v) is 6.00. The molecule has 0 spiro atoms. The van der Waals surface area contributed by atoms with Crippen molar-refractivity contribution in [3.63, 3.8) is 0 Å². The van der Waals surface area contributed by atoms with Crippen molar-refractivity contribution in [2.24, 2.45) is 0 Å². The minimum atomic E-state index is 0.349. The molecule has 1 aromatic carbocycles. The lowest BCUT2D eigenvalue weighted by Gasteiger charge is -2.30. The summed E-state index contributed by atoms with van der Waals surface area (Å²) in [6, 6.07) is 13.8. The maximum Gasteiger partial charge on any atom is 0.0702 e.